The first-order valence-corrected chi connectivity index (χ1v) is 8.20. The van der Waals surface area contributed by atoms with Crippen LogP contribution in [0.3, 0.4) is 0 Å². The minimum Gasteiger partial charge on any atom is -0.496 e. The Hall–Kier alpha value is -2.82. The fourth-order valence-corrected chi connectivity index (χ4v) is 2.30. The Morgan fingerprint density at radius 3 is 2.60 bits per heavy atom. The molecule has 0 saturated carbocycles. The summed E-state index contributed by atoms with van der Waals surface area (Å²) in [6, 6.07) is 13.1. The normalized spacial score (nSPS) is 10.2. The van der Waals surface area contributed by atoms with Crippen molar-refractivity contribution < 1.29 is 19.1 Å². The maximum atomic E-state index is 11.9. The molecule has 0 radical (unpaired) electrons. The minimum absolute atomic E-state index is 0.00180. The van der Waals surface area contributed by atoms with Gasteiger partial charge in [-0.15, -0.1) is 0 Å². The number of amides is 1. The smallest absolute Gasteiger partial charge is 0.220 e. The molecule has 2 aromatic rings. The summed E-state index contributed by atoms with van der Waals surface area (Å²) in [5, 5.41) is 2.90. The molecule has 0 aliphatic heterocycles. The SMILES string of the molecule is COc1cc(OCCCC(=O)NCc2ccc(C)cc2)ccc1C=O. The predicted molar refractivity (Wildman–Crippen MR) is 96.1 cm³/mol. The van der Waals surface area contributed by atoms with Gasteiger partial charge in [-0.2, -0.15) is 0 Å². The lowest BCUT2D eigenvalue weighted by Gasteiger charge is -2.09. The van der Waals surface area contributed by atoms with Gasteiger partial charge in [0.1, 0.15) is 11.5 Å². The van der Waals surface area contributed by atoms with Crippen LogP contribution in [0, 0.1) is 6.92 Å². The van der Waals surface area contributed by atoms with E-state index in [0.29, 0.717) is 43.1 Å². The first-order valence-electron chi connectivity index (χ1n) is 8.20. The van der Waals surface area contributed by atoms with Crippen LogP contribution in [0.1, 0.15) is 34.3 Å². The quantitative estimate of drug-likeness (QED) is 0.561. The van der Waals surface area contributed by atoms with Crippen LogP contribution < -0.4 is 14.8 Å². The van der Waals surface area contributed by atoms with Crippen molar-refractivity contribution in [2.45, 2.75) is 26.3 Å². The molecule has 132 valence electrons. The second-order valence-corrected chi connectivity index (χ2v) is 5.74. The van der Waals surface area contributed by atoms with Crippen molar-refractivity contribution in [3.05, 3.63) is 59.2 Å². The van der Waals surface area contributed by atoms with Crippen LogP contribution in [0.25, 0.3) is 0 Å². The van der Waals surface area contributed by atoms with Crippen molar-refractivity contribution in [1.29, 1.82) is 0 Å². The second kappa shape index (κ2) is 9.47. The largest absolute Gasteiger partial charge is 0.496 e. The standard InChI is InChI=1S/C20H23NO4/c1-15-5-7-16(8-6-15)13-21-20(23)4-3-11-25-18-10-9-17(14-22)19(12-18)24-2/h5-10,12,14H,3-4,11,13H2,1-2H3,(H,21,23). The van der Waals surface area contributed by atoms with Gasteiger partial charge in [-0.05, 0) is 31.0 Å². The Labute approximate surface area is 148 Å². The zero-order valence-electron chi connectivity index (χ0n) is 14.6. The number of methoxy groups -OCH3 is 1. The summed E-state index contributed by atoms with van der Waals surface area (Å²) in [6.45, 7) is 2.98. The van der Waals surface area contributed by atoms with Gasteiger partial charge in [0.25, 0.3) is 0 Å². The zero-order chi connectivity index (χ0) is 18.1. The predicted octanol–water partition coefficient (Wildman–Crippen LogP) is 3.29. The molecule has 0 aliphatic rings. The molecule has 5 nitrogen and oxygen atoms in total. The first-order chi connectivity index (χ1) is 12.1. The van der Waals surface area contributed by atoms with Crippen molar-refractivity contribution in [3.8, 4) is 11.5 Å². The van der Waals surface area contributed by atoms with E-state index < -0.39 is 0 Å². The highest BCUT2D eigenvalue weighted by Crippen LogP contribution is 2.23. The van der Waals surface area contributed by atoms with Crippen molar-refractivity contribution in [1.82, 2.24) is 5.32 Å². The number of aldehydes is 1. The Kier molecular flexibility index (Phi) is 7.01. The topological polar surface area (TPSA) is 64.6 Å². The van der Waals surface area contributed by atoms with Gasteiger partial charge >= 0.3 is 0 Å². The summed E-state index contributed by atoms with van der Waals surface area (Å²) in [7, 11) is 1.50. The van der Waals surface area contributed by atoms with Gasteiger partial charge in [0.15, 0.2) is 6.29 Å². The molecule has 0 fully saturated rings. The molecule has 0 heterocycles. The Morgan fingerprint density at radius 1 is 1.16 bits per heavy atom. The van der Waals surface area contributed by atoms with Crippen LogP contribution in [0.5, 0.6) is 11.5 Å². The maximum absolute atomic E-state index is 11.9. The minimum atomic E-state index is -0.00180. The highest BCUT2D eigenvalue weighted by atomic mass is 16.5. The number of rotatable bonds is 9. The molecule has 1 N–H and O–H groups in total. The Morgan fingerprint density at radius 2 is 1.92 bits per heavy atom. The van der Waals surface area contributed by atoms with E-state index >= 15 is 0 Å². The van der Waals surface area contributed by atoms with E-state index in [2.05, 4.69) is 5.32 Å². The molecule has 0 atom stereocenters. The Balaban J connectivity index is 1.69. The number of benzene rings is 2. The van der Waals surface area contributed by atoms with Gasteiger partial charge in [-0.25, -0.2) is 0 Å². The lowest BCUT2D eigenvalue weighted by atomic mass is 10.1. The summed E-state index contributed by atoms with van der Waals surface area (Å²) in [4.78, 5) is 22.7. The third-order valence-corrected chi connectivity index (χ3v) is 3.76. The average molecular weight is 341 g/mol. The molecule has 0 aromatic heterocycles. The van der Waals surface area contributed by atoms with Gasteiger partial charge < -0.3 is 14.8 Å². The number of nitrogens with one attached hydrogen (secondary N) is 1. The summed E-state index contributed by atoms with van der Waals surface area (Å²) in [5.41, 5.74) is 2.76. The van der Waals surface area contributed by atoms with Crippen LogP contribution in [0.15, 0.2) is 42.5 Å². The number of hydrogen-bond donors (Lipinski definition) is 1. The van der Waals surface area contributed by atoms with Gasteiger partial charge in [0.05, 0.1) is 19.3 Å². The van der Waals surface area contributed by atoms with Crippen LogP contribution in [0.4, 0.5) is 0 Å². The lowest BCUT2D eigenvalue weighted by molar-refractivity contribution is -0.121. The van der Waals surface area contributed by atoms with Crippen LogP contribution in [-0.2, 0) is 11.3 Å². The molecule has 0 unspecified atom stereocenters. The summed E-state index contributed by atoms with van der Waals surface area (Å²) in [6.07, 6.45) is 1.74. The fraction of sp³-hybridized carbons (Fsp3) is 0.300. The van der Waals surface area contributed by atoms with E-state index in [4.69, 9.17) is 9.47 Å². The molecule has 0 spiro atoms. The summed E-state index contributed by atoms with van der Waals surface area (Å²) in [5.74, 6) is 1.09. The van der Waals surface area contributed by atoms with Crippen molar-refractivity contribution in [2.24, 2.45) is 0 Å². The van der Waals surface area contributed by atoms with Crippen LogP contribution in [0.2, 0.25) is 0 Å². The highest BCUT2D eigenvalue weighted by molar-refractivity contribution is 5.79. The number of aryl methyl sites for hydroxylation is 1. The number of carbonyl (C=O) groups is 2. The summed E-state index contributed by atoms with van der Waals surface area (Å²) >= 11 is 0. The van der Waals surface area contributed by atoms with E-state index in [1.54, 1.807) is 18.2 Å². The van der Waals surface area contributed by atoms with Gasteiger partial charge in [-0.3, -0.25) is 9.59 Å². The fourth-order valence-electron chi connectivity index (χ4n) is 2.30. The van der Waals surface area contributed by atoms with Crippen molar-refractivity contribution >= 4 is 12.2 Å². The first kappa shape index (κ1) is 18.5. The lowest BCUT2D eigenvalue weighted by Crippen LogP contribution is -2.22. The van der Waals surface area contributed by atoms with Crippen LogP contribution in [-0.4, -0.2) is 25.9 Å². The molecule has 0 bridgehead atoms. The van der Waals surface area contributed by atoms with Crippen LogP contribution >= 0.6 is 0 Å². The maximum Gasteiger partial charge on any atom is 0.220 e. The monoisotopic (exact) mass is 341 g/mol. The molecule has 25 heavy (non-hydrogen) atoms. The average Bonchev–Trinajstić information content (AvgIpc) is 2.64. The molecule has 5 heteroatoms. The van der Waals surface area contributed by atoms with E-state index in [-0.39, 0.29) is 5.91 Å². The summed E-state index contributed by atoms with van der Waals surface area (Å²) < 4.78 is 10.7. The van der Waals surface area contributed by atoms with E-state index in [0.717, 1.165) is 11.8 Å². The number of hydrogen-bond acceptors (Lipinski definition) is 4. The molecular formula is C20H23NO4. The third-order valence-electron chi connectivity index (χ3n) is 3.76. The second-order valence-electron chi connectivity index (χ2n) is 5.74. The van der Waals surface area contributed by atoms with Crippen molar-refractivity contribution in [2.75, 3.05) is 13.7 Å². The van der Waals surface area contributed by atoms with Gasteiger partial charge in [0, 0.05) is 19.0 Å². The van der Waals surface area contributed by atoms with E-state index in [1.165, 1.54) is 12.7 Å². The molecule has 2 aromatic carbocycles. The van der Waals surface area contributed by atoms with Crippen molar-refractivity contribution in [3.63, 3.8) is 0 Å². The molecule has 0 saturated heterocycles. The third kappa shape index (κ3) is 5.95. The van der Waals surface area contributed by atoms with E-state index in [9.17, 15) is 9.59 Å². The van der Waals surface area contributed by atoms with Gasteiger partial charge in [0.2, 0.25) is 5.91 Å². The molecule has 2 rings (SSSR count). The van der Waals surface area contributed by atoms with Gasteiger partial charge in [-0.1, -0.05) is 29.8 Å². The Bertz CT molecular complexity index is 710. The number of ether oxygens (including phenoxy) is 2. The highest BCUT2D eigenvalue weighted by Gasteiger charge is 2.05. The molecular weight excluding hydrogens is 318 g/mol. The molecule has 1 amide bonds. The molecule has 0 aliphatic carbocycles. The number of carbonyl (C=O) groups excluding carboxylic acids is 2. The zero-order valence-corrected chi connectivity index (χ0v) is 14.6. The van der Waals surface area contributed by atoms with E-state index in [1.807, 2.05) is 31.2 Å².